The third-order valence-electron chi connectivity index (χ3n) is 5.69. The van der Waals surface area contributed by atoms with Crippen LogP contribution in [0.2, 0.25) is 0 Å². The Bertz CT molecular complexity index is 491. The predicted molar refractivity (Wildman–Crippen MR) is 101 cm³/mol. The number of unbranched alkanes of at least 4 members (excludes halogenated alkanes) is 2. The van der Waals surface area contributed by atoms with Gasteiger partial charge in [0.25, 0.3) is 0 Å². The zero-order chi connectivity index (χ0) is 19.3. The highest BCUT2D eigenvalue weighted by Gasteiger charge is 2.57. The number of rotatable bonds is 8. The molecule has 1 aliphatic carbocycles. The third-order valence-corrected chi connectivity index (χ3v) is 5.69. The Kier molecular flexibility index (Phi) is 7.15. The Morgan fingerprint density at radius 2 is 1.85 bits per heavy atom. The first kappa shape index (κ1) is 20.8. The van der Waals surface area contributed by atoms with Gasteiger partial charge in [-0.05, 0) is 39.5 Å². The summed E-state index contributed by atoms with van der Waals surface area (Å²) in [5.41, 5.74) is -0.642. The Morgan fingerprint density at radius 1 is 1.23 bits per heavy atom. The number of urea groups is 2. The minimum atomic E-state index is -0.677. The van der Waals surface area contributed by atoms with Gasteiger partial charge in [-0.15, -0.1) is 0 Å². The number of nitrogens with zero attached hydrogens (tertiary/aromatic N) is 3. The fraction of sp³-hybridized carbons (Fsp3) is 0.895. The van der Waals surface area contributed by atoms with Gasteiger partial charge >= 0.3 is 12.1 Å². The molecule has 0 aromatic rings. The maximum atomic E-state index is 13.2. The summed E-state index contributed by atoms with van der Waals surface area (Å²) in [5, 5.41) is 14.2. The van der Waals surface area contributed by atoms with Crippen LogP contribution in [0.25, 0.3) is 0 Å². The van der Waals surface area contributed by atoms with Crippen LogP contribution in [-0.4, -0.2) is 63.0 Å². The molecule has 26 heavy (non-hydrogen) atoms. The number of carbonyl (C=O) groups excluding carboxylic acids is 2. The average molecular weight is 369 g/mol. The lowest BCUT2D eigenvalue weighted by atomic mass is 9.97. The van der Waals surface area contributed by atoms with E-state index in [9.17, 15) is 14.8 Å². The molecule has 1 saturated carbocycles. The summed E-state index contributed by atoms with van der Waals surface area (Å²) in [7, 11) is 0. The Hall–Kier alpha value is -1.50. The molecule has 0 aromatic heterocycles. The van der Waals surface area contributed by atoms with Crippen molar-refractivity contribution in [3.8, 4) is 0 Å². The van der Waals surface area contributed by atoms with E-state index in [0.29, 0.717) is 13.1 Å². The molecule has 0 bridgehead atoms. The highest BCUT2D eigenvalue weighted by molar-refractivity contribution is 5.81. The van der Waals surface area contributed by atoms with Crippen molar-refractivity contribution in [3.05, 3.63) is 0 Å². The van der Waals surface area contributed by atoms with Gasteiger partial charge < -0.3 is 10.2 Å². The molecular formula is C19H36N4O3. The fourth-order valence-electron chi connectivity index (χ4n) is 4.33. The predicted octanol–water partition coefficient (Wildman–Crippen LogP) is 3.77. The first-order valence-corrected chi connectivity index (χ1v) is 10.2. The zero-order valence-electron chi connectivity index (χ0n) is 16.8. The van der Waals surface area contributed by atoms with Crippen molar-refractivity contribution < 1.29 is 14.8 Å². The minimum absolute atomic E-state index is 0.0549. The summed E-state index contributed by atoms with van der Waals surface area (Å²) in [6, 6.07) is -0.386. The van der Waals surface area contributed by atoms with Crippen LogP contribution in [0.4, 0.5) is 9.59 Å². The second kappa shape index (κ2) is 8.93. The van der Waals surface area contributed by atoms with Crippen LogP contribution in [0.15, 0.2) is 0 Å². The Balaban J connectivity index is 2.23. The molecule has 7 nitrogen and oxygen atoms in total. The van der Waals surface area contributed by atoms with Crippen molar-refractivity contribution in [2.75, 3.05) is 13.1 Å². The number of hydrogen-bond donors (Lipinski definition) is 2. The molecule has 2 N–H and O–H groups in total. The summed E-state index contributed by atoms with van der Waals surface area (Å²) in [5.74, 6) is 0. The number of hydrogen-bond acceptors (Lipinski definition) is 3. The first-order valence-electron chi connectivity index (χ1n) is 10.2. The van der Waals surface area contributed by atoms with Crippen LogP contribution in [0.1, 0.15) is 79.1 Å². The second-order valence-electron chi connectivity index (χ2n) is 8.10. The summed E-state index contributed by atoms with van der Waals surface area (Å²) in [6.45, 7) is 9.11. The van der Waals surface area contributed by atoms with Crippen molar-refractivity contribution in [3.63, 3.8) is 0 Å². The van der Waals surface area contributed by atoms with Crippen LogP contribution >= 0.6 is 0 Å². The molecule has 1 aliphatic heterocycles. The maximum Gasteiger partial charge on any atom is 0.343 e. The van der Waals surface area contributed by atoms with Crippen LogP contribution in [0.5, 0.6) is 0 Å². The minimum Gasteiger partial charge on any atom is -0.336 e. The molecule has 0 unspecified atom stereocenters. The number of nitrogens with one attached hydrogen (secondary N) is 1. The van der Waals surface area contributed by atoms with Gasteiger partial charge in [0.1, 0.15) is 0 Å². The zero-order valence-corrected chi connectivity index (χ0v) is 16.8. The van der Waals surface area contributed by atoms with Crippen LogP contribution < -0.4 is 5.32 Å². The van der Waals surface area contributed by atoms with Gasteiger partial charge in [-0.3, -0.25) is 10.1 Å². The Labute approximate surface area is 157 Å². The Morgan fingerprint density at radius 3 is 2.42 bits per heavy atom. The molecule has 2 aliphatic rings. The standard InChI is InChI=1S/C19H36N4O3/c1-5-7-13-20-17(24)23(26)16-19(3,4)22(15-11-9-10-12-15)18(25)21(16)14-8-6-2/h15-16,26H,5-14H2,1-4H3,(H,20,24)/t16-/m1/s1. The molecule has 1 heterocycles. The average Bonchev–Trinajstić information content (AvgIpc) is 3.17. The molecule has 1 saturated heterocycles. The molecule has 2 rings (SSSR count). The van der Waals surface area contributed by atoms with Gasteiger partial charge in [-0.2, -0.15) is 5.06 Å². The van der Waals surface area contributed by atoms with Crippen molar-refractivity contribution >= 4 is 12.1 Å². The number of hydroxylamine groups is 2. The van der Waals surface area contributed by atoms with Gasteiger partial charge in [0.15, 0.2) is 6.17 Å². The molecule has 4 amide bonds. The van der Waals surface area contributed by atoms with Crippen molar-refractivity contribution in [1.82, 2.24) is 20.2 Å². The van der Waals surface area contributed by atoms with E-state index in [2.05, 4.69) is 12.2 Å². The van der Waals surface area contributed by atoms with E-state index < -0.39 is 17.7 Å². The fourth-order valence-corrected chi connectivity index (χ4v) is 4.33. The van der Waals surface area contributed by atoms with Gasteiger partial charge in [-0.1, -0.05) is 39.5 Å². The highest BCUT2D eigenvalue weighted by Crippen LogP contribution is 2.40. The van der Waals surface area contributed by atoms with Crippen LogP contribution in [0, 0.1) is 0 Å². The van der Waals surface area contributed by atoms with E-state index in [1.165, 1.54) is 0 Å². The van der Waals surface area contributed by atoms with Gasteiger partial charge in [0, 0.05) is 19.1 Å². The van der Waals surface area contributed by atoms with Gasteiger partial charge in [0.2, 0.25) is 0 Å². The topological polar surface area (TPSA) is 76.1 Å². The number of carbonyl (C=O) groups is 2. The van der Waals surface area contributed by atoms with E-state index in [0.717, 1.165) is 56.4 Å². The van der Waals surface area contributed by atoms with Gasteiger partial charge in [0.05, 0.1) is 5.54 Å². The maximum absolute atomic E-state index is 13.2. The van der Waals surface area contributed by atoms with E-state index in [1.54, 1.807) is 4.90 Å². The lowest BCUT2D eigenvalue weighted by Crippen LogP contribution is -2.59. The molecule has 1 atom stereocenters. The monoisotopic (exact) mass is 368 g/mol. The molecule has 150 valence electrons. The second-order valence-corrected chi connectivity index (χ2v) is 8.10. The summed E-state index contributed by atoms with van der Waals surface area (Å²) in [6.07, 6.45) is 7.21. The smallest absolute Gasteiger partial charge is 0.336 e. The molecule has 0 radical (unpaired) electrons. The first-order chi connectivity index (χ1) is 12.4. The lowest BCUT2D eigenvalue weighted by Gasteiger charge is -2.40. The van der Waals surface area contributed by atoms with Crippen LogP contribution in [-0.2, 0) is 0 Å². The van der Waals surface area contributed by atoms with E-state index >= 15 is 0 Å². The third kappa shape index (κ3) is 4.08. The summed E-state index contributed by atoms with van der Waals surface area (Å²) >= 11 is 0. The van der Waals surface area contributed by atoms with E-state index in [4.69, 9.17) is 0 Å². The SMILES string of the molecule is CCCCNC(=O)N(O)[C@H]1N(CCCC)C(=O)N(C2CCCC2)C1(C)C. The quantitative estimate of drug-likeness (QED) is 0.389. The normalized spacial score (nSPS) is 23.0. The van der Waals surface area contributed by atoms with E-state index in [-0.39, 0.29) is 12.1 Å². The molecular weight excluding hydrogens is 332 g/mol. The van der Waals surface area contributed by atoms with Crippen LogP contribution in [0.3, 0.4) is 0 Å². The summed E-state index contributed by atoms with van der Waals surface area (Å²) in [4.78, 5) is 29.3. The molecule has 0 spiro atoms. The number of amides is 4. The lowest BCUT2D eigenvalue weighted by molar-refractivity contribution is -0.135. The molecule has 0 aromatic carbocycles. The largest absolute Gasteiger partial charge is 0.343 e. The van der Waals surface area contributed by atoms with Crippen molar-refractivity contribution in [1.29, 1.82) is 0 Å². The van der Waals surface area contributed by atoms with Crippen molar-refractivity contribution in [2.24, 2.45) is 0 Å². The molecule has 7 heteroatoms. The molecule has 2 fully saturated rings. The highest BCUT2D eigenvalue weighted by atomic mass is 16.5. The van der Waals surface area contributed by atoms with E-state index in [1.807, 2.05) is 25.7 Å². The van der Waals surface area contributed by atoms with Crippen molar-refractivity contribution in [2.45, 2.75) is 96.8 Å². The summed E-state index contributed by atoms with van der Waals surface area (Å²) < 4.78 is 0. The van der Waals surface area contributed by atoms with Gasteiger partial charge in [-0.25, -0.2) is 9.59 Å².